The van der Waals surface area contributed by atoms with E-state index < -0.39 is 5.97 Å². The summed E-state index contributed by atoms with van der Waals surface area (Å²) in [5.41, 5.74) is 7.48. The molecule has 26 heavy (non-hydrogen) atoms. The highest BCUT2D eigenvalue weighted by atomic mass is 35.5. The molecule has 2 N–H and O–H groups in total. The van der Waals surface area contributed by atoms with E-state index in [0.717, 1.165) is 5.69 Å². The van der Waals surface area contributed by atoms with Crippen molar-refractivity contribution in [2.75, 3.05) is 12.8 Å². The summed E-state index contributed by atoms with van der Waals surface area (Å²) in [6.07, 6.45) is 0. The number of benzene rings is 1. The van der Waals surface area contributed by atoms with E-state index in [9.17, 15) is 9.59 Å². The molecule has 3 rings (SSSR count). The van der Waals surface area contributed by atoms with Gasteiger partial charge in [-0.2, -0.15) is 0 Å². The zero-order valence-corrected chi connectivity index (χ0v) is 14.9. The van der Waals surface area contributed by atoms with Gasteiger partial charge in [-0.15, -0.1) is 0 Å². The summed E-state index contributed by atoms with van der Waals surface area (Å²) in [6.45, 7) is 1.65. The molecule has 0 saturated heterocycles. The van der Waals surface area contributed by atoms with Gasteiger partial charge in [0.05, 0.1) is 23.5 Å². The van der Waals surface area contributed by atoms with E-state index in [4.69, 9.17) is 26.8 Å². The van der Waals surface area contributed by atoms with Gasteiger partial charge >= 0.3 is 5.97 Å². The first-order chi connectivity index (χ1) is 12.4. The Labute approximate surface area is 153 Å². The number of rotatable bonds is 4. The second-order valence-corrected chi connectivity index (χ2v) is 6.00. The predicted molar refractivity (Wildman–Crippen MR) is 97.7 cm³/mol. The zero-order chi connectivity index (χ0) is 18.8. The molecule has 1 aromatic carbocycles. The summed E-state index contributed by atoms with van der Waals surface area (Å²) in [6, 6.07) is 9.48. The van der Waals surface area contributed by atoms with Crippen molar-refractivity contribution >= 4 is 28.9 Å². The average molecular weight is 374 g/mol. The molecule has 0 atom stereocenters. The van der Waals surface area contributed by atoms with Gasteiger partial charge in [-0.3, -0.25) is 9.20 Å². The number of methoxy groups -OCH3 is 1. The quantitative estimate of drug-likeness (QED) is 0.557. The lowest BCUT2D eigenvalue weighted by atomic mass is 10.2. The standard InChI is InChI=1S/C18H16ClN3O4/c1-10-4-3-5-16-21-11(6-17(23)22(10)16)9-26-18(24)12-7-13(19)14(20)8-15(12)25-2/h3-8H,9,20H2,1-2H3. The van der Waals surface area contributed by atoms with Crippen molar-refractivity contribution in [3.8, 4) is 5.75 Å². The number of pyridine rings is 1. The molecule has 2 heterocycles. The Bertz CT molecular complexity index is 1060. The Hall–Kier alpha value is -3.06. The Morgan fingerprint density at radius 3 is 2.81 bits per heavy atom. The van der Waals surface area contributed by atoms with Crippen LogP contribution in [-0.2, 0) is 11.3 Å². The average Bonchev–Trinajstić information content (AvgIpc) is 2.61. The lowest BCUT2D eigenvalue weighted by molar-refractivity contribution is 0.0464. The molecule has 0 fully saturated rings. The smallest absolute Gasteiger partial charge is 0.342 e. The summed E-state index contributed by atoms with van der Waals surface area (Å²) in [5.74, 6) is -0.408. The van der Waals surface area contributed by atoms with Gasteiger partial charge in [0, 0.05) is 17.8 Å². The van der Waals surface area contributed by atoms with E-state index in [2.05, 4.69) is 4.98 Å². The predicted octanol–water partition coefficient (Wildman–Crippen LogP) is 2.60. The lowest BCUT2D eigenvalue weighted by Gasteiger charge is -2.11. The molecule has 0 bridgehead atoms. The van der Waals surface area contributed by atoms with Crippen LogP contribution in [0.5, 0.6) is 5.75 Å². The number of carbonyl (C=O) groups excluding carboxylic acids is 1. The minimum absolute atomic E-state index is 0.139. The van der Waals surface area contributed by atoms with Crippen molar-refractivity contribution in [1.29, 1.82) is 0 Å². The largest absolute Gasteiger partial charge is 0.496 e. The molecule has 0 amide bonds. The molecule has 0 spiro atoms. The number of nitrogens with two attached hydrogens (primary N) is 1. The van der Waals surface area contributed by atoms with Crippen LogP contribution in [0.1, 0.15) is 21.7 Å². The van der Waals surface area contributed by atoms with Gasteiger partial charge in [-0.25, -0.2) is 9.78 Å². The van der Waals surface area contributed by atoms with Crippen LogP contribution < -0.4 is 16.0 Å². The molecule has 0 aliphatic carbocycles. The van der Waals surface area contributed by atoms with Crippen molar-refractivity contribution in [3.05, 3.63) is 68.7 Å². The Morgan fingerprint density at radius 1 is 1.31 bits per heavy atom. The van der Waals surface area contributed by atoms with Crippen molar-refractivity contribution in [1.82, 2.24) is 9.38 Å². The van der Waals surface area contributed by atoms with Gasteiger partial charge in [0.2, 0.25) is 0 Å². The highest BCUT2D eigenvalue weighted by Crippen LogP contribution is 2.29. The van der Waals surface area contributed by atoms with Crippen LogP contribution >= 0.6 is 11.6 Å². The maximum Gasteiger partial charge on any atom is 0.342 e. The summed E-state index contributed by atoms with van der Waals surface area (Å²) < 4.78 is 11.9. The molecule has 0 saturated carbocycles. The zero-order valence-electron chi connectivity index (χ0n) is 14.2. The van der Waals surface area contributed by atoms with Crippen LogP contribution in [0.25, 0.3) is 5.65 Å². The number of carbonyl (C=O) groups is 1. The van der Waals surface area contributed by atoms with Crippen molar-refractivity contribution in [2.45, 2.75) is 13.5 Å². The normalized spacial score (nSPS) is 10.7. The maximum absolute atomic E-state index is 12.4. The molecule has 2 aromatic heterocycles. The van der Waals surface area contributed by atoms with Crippen LogP contribution in [0.15, 0.2) is 41.2 Å². The van der Waals surface area contributed by atoms with E-state index in [-0.39, 0.29) is 28.5 Å². The van der Waals surface area contributed by atoms with Crippen LogP contribution in [0, 0.1) is 6.92 Å². The Kier molecular flexibility index (Phi) is 4.81. The third-order valence-corrected chi connectivity index (χ3v) is 4.15. The topological polar surface area (TPSA) is 95.9 Å². The van der Waals surface area contributed by atoms with Gasteiger partial charge in [-0.05, 0) is 25.1 Å². The van der Waals surface area contributed by atoms with E-state index in [1.807, 2.05) is 13.0 Å². The second kappa shape index (κ2) is 7.05. The minimum atomic E-state index is -0.657. The van der Waals surface area contributed by atoms with E-state index >= 15 is 0 Å². The minimum Gasteiger partial charge on any atom is -0.496 e. The first-order valence-corrected chi connectivity index (χ1v) is 8.07. The molecule has 0 aliphatic heterocycles. The molecule has 0 radical (unpaired) electrons. The fourth-order valence-electron chi connectivity index (χ4n) is 2.55. The van der Waals surface area contributed by atoms with Crippen molar-refractivity contribution in [2.24, 2.45) is 0 Å². The van der Waals surface area contributed by atoms with Gasteiger partial charge in [0.1, 0.15) is 23.6 Å². The number of fused-ring (bicyclic) bond motifs is 1. The number of nitrogens with zero attached hydrogens (tertiary/aromatic N) is 2. The number of aromatic nitrogens is 2. The number of halogens is 1. The first-order valence-electron chi connectivity index (χ1n) is 7.69. The number of nitrogen functional groups attached to an aromatic ring is 1. The molecule has 3 aromatic rings. The summed E-state index contributed by atoms with van der Waals surface area (Å²) in [4.78, 5) is 28.9. The summed E-state index contributed by atoms with van der Waals surface area (Å²) >= 11 is 5.96. The summed E-state index contributed by atoms with van der Waals surface area (Å²) in [7, 11) is 1.41. The molecule has 0 unspecified atom stereocenters. The molecular weight excluding hydrogens is 358 g/mol. The molecule has 7 nitrogen and oxygen atoms in total. The van der Waals surface area contributed by atoms with Gasteiger partial charge in [0.25, 0.3) is 5.56 Å². The highest BCUT2D eigenvalue weighted by Gasteiger charge is 2.17. The fraction of sp³-hybridized carbons (Fsp3) is 0.167. The van der Waals surface area contributed by atoms with Crippen LogP contribution in [0.4, 0.5) is 5.69 Å². The van der Waals surface area contributed by atoms with E-state index in [1.165, 1.54) is 29.7 Å². The number of esters is 1. The van der Waals surface area contributed by atoms with Crippen molar-refractivity contribution < 1.29 is 14.3 Å². The number of ether oxygens (including phenoxy) is 2. The highest BCUT2D eigenvalue weighted by molar-refractivity contribution is 6.33. The number of hydrogen-bond acceptors (Lipinski definition) is 6. The lowest BCUT2D eigenvalue weighted by Crippen LogP contribution is -2.18. The third-order valence-electron chi connectivity index (χ3n) is 3.82. The Morgan fingerprint density at radius 2 is 2.08 bits per heavy atom. The monoisotopic (exact) mass is 373 g/mol. The molecular formula is C18H16ClN3O4. The van der Waals surface area contributed by atoms with E-state index in [0.29, 0.717) is 17.0 Å². The number of aryl methyl sites for hydroxylation is 1. The van der Waals surface area contributed by atoms with Crippen LogP contribution in [-0.4, -0.2) is 22.5 Å². The molecule has 134 valence electrons. The number of anilines is 1. The van der Waals surface area contributed by atoms with E-state index in [1.54, 1.807) is 12.1 Å². The second-order valence-electron chi connectivity index (χ2n) is 5.60. The Balaban J connectivity index is 1.86. The molecule has 8 heteroatoms. The first kappa shape index (κ1) is 17.8. The van der Waals surface area contributed by atoms with Gasteiger partial charge in [0.15, 0.2) is 0 Å². The molecule has 0 aliphatic rings. The maximum atomic E-state index is 12.4. The van der Waals surface area contributed by atoms with Crippen LogP contribution in [0.2, 0.25) is 5.02 Å². The summed E-state index contributed by atoms with van der Waals surface area (Å²) in [5, 5.41) is 0.218. The SMILES string of the molecule is COc1cc(N)c(Cl)cc1C(=O)OCc1cc(=O)n2c(C)cccc2n1. The number of hydrogen-bond donors (Lipinski definition) is 1. The van der Waals surface area contributed by atoms with Gasteiger partial charge < -0.3 is 15.2 Å². The third kappa shape index (κ3) is 3.34. The van der Waals surface area contributed by atoms with Crippen molar-refractivity contribution in [3.63, 3.8) is 0 Å². The fourth-order valence-corrected chi connectivity index (χ4v) is 2.72. The van der Waals surface area contributed by atoms with Crippen LogP contribution in [0.3, 0.4) is 0 Å². The van der Waals surface area contributed by atoms with Gasteiger partial charge in [-0.1, -0.05) is 17.7 Å².